The molecule has 6 nitrogen and oxygen atoms in total. The van der Waals surface area contributed by atoms with E-state index in [2.05, 4.69) is 10.0 Å². The first-order valence-electron chi connectivity index (χ1n) is 9.12. The van der Waals surface area contributed by atoms with Crippen LogP contribution in [-0.2, 0) is 14.8 Å². The summed E-state index contributed by atoms with van der Waals surface area (Å²) in [5.41, 5.74) is 2.32. The van der Waals surface area contributed by atoms with E-state index in [0.29, 0.717) is 11.4 Å². The average molecular weight is 428 g/mol. The summed E-state index contributed by atoms with van der Waals surface area (Å²) in [5.74, 6) is -0.769. The van der Waals surface area contributed by atoms with Crippen LogP contribution in [0.1, 0.15) is 11.1 Å². The van der Waals surface area contributed by atoms with Crippen LogP contribution < -0.4 is 14.8 Å². The highest BCUT2D eigenvalue weighted by Gasteiger charge is 2.16. The van der Waals surface area contributed by atoms with E-state index < -0.39 is 21.7 Å². The van der Waals surface area contributed by atoms with E-state index in [-0.39, 0.29) is 17.2 Å². The second-order valence-electron chi connectivity index (χ2n) is 6.71. The van der Waals surface area contributed by atoms with Gasteiger partial charge in [0.25, 0.3) is 15.9 Å². The molecule has 0 bridgehead atoms. The largest absolute Gasteiger partial charge is 0.484 e. The molecule has 30 heavy (non-hydrogen) atoms. The lowest BCUT2D eigenvalue weighted by Gasteiger charge is -2.12. The smallest absolute Gasteiger partial charge is 0.262 e. The van der Waals surface area contributed by atoms with Crippen molar-refractivity contribution in [1.29, 1.82) is 0 Å². The topological polar surface area (TPSA) is 84.5 Å². The quantitative estimate of drug-likeness (QED) is 0.589. The number of sulfonamides is 1. The monoisotopic (exact) mass is 428 g/mol. The van der Waals surface area contributed by atoms with Crippen LogP contribution in [0.3, 0.4) is 0 Å². The number of nitrogens with one attached hydrogen (secondary N) is 2. The van der Waals surface area contributed by atoms with Gasteiger partial charge in [-0.25, -0.2) is 12.8 Å². The number of amides is 1. The number of aryl methyl sites for hydroxylation is 2. The molecule has 3 aromatic carbocycles. The molecule has 0 atom stereocenters. The predicted molar refractivity (Wildman–Crippen MR) is 114 cm³/mol. The van der Waals surface area contributed by atoms with E-state index in [1.165, 1.54) is 42.5 Å². The molecule has 0 radical (unpaired) electrons. The summed E-state index contributed by atoms with van der Waals surface area (Å²) in [4.78, 5) is 12.0. The Morgan fingerprint density at radius 3 is 2.37 bits per heavy atom. The van der Waals surface area contributed by atoms with Crippen molar-refractivity contribution in [2.45, 2.75) is 18.7 Å². The van der Waals surface area contributed by atoms with E-state index in [9.17, 15) is 17.6 Å². The molecule has 2 N–H and O–H groups in total. The number of halogens is 1. The number of benzene rings is 3. The highest BCUT2D eigenvalue weighted by Crippen LogP contribution is 2.22. The van der Waals surface area contributed by atoms with E-state index in [4.69, 9.17) is 4.74 Å². The third kappa shape index (κ3) is 5.36. The van der Waals surface area contributed by atoms with Gasteiger partial charge in [0, 0.05) is 0 Å². The second-order valence-corrected chi connectivity index (χ2v) is 8.39. The van der Waals surface area contributed by atoms with E-state index in [0.717, 1.165) is 11.1 Å². The molecule has 0 spiro atoms. The van der Waals surface area contributed by atoms with Crippen LogP contribution in [0.15, 0.2) is 71.6 Å². The molecule has 0 saturated heterocycles. The van der Waals surface area contributed by atoms with Gasteiger partial charge in [0.1, 0.15) is 11.6 Å². The molecular formula is C22H21FN2O4S. The molecule has 0 aromatic heterocycles. The fraction of sp³-hybridized carbons (Fsp3) is 0.136. The van der Waals surface area contributed by atoms with E-state index in [1.807, 2.05) is 26.0 Å². The van der Waals surface area contributed by atoms with Crippen LogP contribution >= 0.6 is 0 Å². The summed E-state index contributed by atoms with van der Waals surface area (Å²) >= 11 is 0. The molecule has 0 unspecified atom stereocenters. The molecule has 3 aromatic rings. The third-order valence-corrected chi connectivity index (χ3v) is 5.67. The first-order chi connectivity index (χ1) is 14.2. The molecule has 0 aliphatic carbocycles. The maximum atomic E-state index is 13.6. The van der Waals surface area contributed by atoms with Gasteiger partial charge in [0.2, 0.25) is 0 Å². The van der Waals surface area contributed by atoms with Crippen LogP contribution in [0.2, 0.25) is 0 Å². The maximum absolute atomic E-state index is 13.6. The van der Waals surface area contributed by atoms with Gasteiger partial charge in [0.05, 0.1) is 16.3 Å². The van der Waals surface area contributed by atoms with Gasteiger partial charge in [-0.1, -0.05) is 24.3 Å². The summed E-state index contributed by atoms with van der Waals surface area (Å²) in [6.07, 6.45) is 0. The Kier molecular flexibility index (Phi) is 6.37. The molecule has 8 heteroatoms. The Balaban J connectivity index is 1.62. The van der Waals surface area contributed by atoms with Crippen molar-refractivity contribution in [3.8, 4) is 5.75 Å². The standard InChI is InChI=1S/C22H21FN2O4S/c1-15-7-8-16(2)21(13-15)25-30(27,28)18-11-9-17(10-12-18)29-14-22(26)24-20-6-4-3-5-19(20)23/h3-13,25H,14H2,1-2H3,(H,24,26). The van der Waals surface area contributed by atoms with Crippen LogP contribution in [-0.4, -0.2) is 20.9 Å². The lowest BCUT2D eigenvalue weighted by molar-refractivity contribution is -0.118. The molecule has 0 fully saturated rings. The fourth-order valence-corrected chi connectivity index (χ4v) is 3.78. The zero-order valence-electron chi connectivity index (χ0n) is 16.5. The van der Waals surface area contributed by atoms with E-state index in [1.54, 1.807) is 12.1 Å². The minimum Gasteiger partial charge on any atom is -0.484 e. The van der Waals surface area contributed by atoms with Gasteiger partial charge in [0.15, 0.2) is 6.61 Å². The fourth-order valence-electron chi connectivity index (χ4n) is 2.66. The number of rotatable bonds is 7. The Hall–Kier alpha value is -3.39. The molecule has 156 valence electrons. The number of carbonyl (C=O) groups is 1. The van der Waals surface area contributed by atoms with Crippen LogP contribution in [0, 0.1) is 19.7 Å². The lowest BCUT2D eigenvalue weighted by Crippen LogP contribution is -2.20. The van der Waals surface area contributed by atoms with Gasteiger partial charge >= 0.3 is 0 Å². The molecule has 3 rings (SSSR count). The number of carbonyl (C=O) groups excluding carboxylic acids is 1. The summed E-state index contributed by atoms with van der Waals surface area (Å²) in [6, 6.07) is 17.0. The first-order valence-corrected chi connectivity index (χ1v) is 10.6. The molecular weight excluding hydrogens is 407 g/mol. The third-order valence-electron chi connectivity index (χ3n) is 4.29. The van der Waals surface area contributed by atoms with Crippen LogP contribution in [0.25, 0.3) is 0 Å². The highest BCUT2D eigenvalue weighted by molar-refractivity contribution is 7.92. The minimum absolute atomic E-state index is 0.0602. The summed E-state index contributed by atoms with van der Waals surface area (Å²) < 4.78 is 46.7. The Morgan fingerprint density at radius 1 is 0.967 bits per heavy atom. The summed E-state index contributed by atoms with van der Waals surface area (Å²) in [7, 11) is -3.77. The SMILES string of the molecule is Cc1ccc(C)c(NS(=O)(=O)c2ccc(OCC(=O)Nc3ccccc3F)cc2)c1. The lowest BCUT2D eigenvalue weighted by atomic mass is 10.1. The minimum atomic E-state index is -3.77. The number of hydrogen-bond donors (Lipinski definition) is 2. The van der Waals surface area contributed by atoms with Gasteiger partial charge < -0.3 is 10.1 Å². The van der Waals surface area contributed by atoms with Gasteiger partial charge in [-0.2, -0.15) is 0 Å². The molecule has 0 heterocycles. The van der Waals surface area contributed by atoms with Crippen molar-refractivity contribution in [3.05, 3.63) is 83.7 Å². The second kappa shape index (κ2) is 8.96. The number of para-hydroxylation sites is 1. The first kappa shape index (κ1) is 21.3. The van der Waals surface area contributed by atoms with Gasteiger partial charge in [-0.15, -0.1) is 0 Å². The predicted octanol–water partition coefficient (Wildman–Crippen LogP) is 4.26. The molecule has 1 amide bonds. The van der Waals surface area contributed by atoms with E-state index >= 15 is 0 Å². The Labute approximate surface area is 174 Å². The van der Waals surface area contributed by atoms with Crippen molar-refractivity contribution >= 4 is 27.3 Å². The highest BCUT2D eigenvalue weighted by atomic mass is 32.2. The van der Waals surface area contributed by atoms with Crippen molar-refractivity contribution in [1.82, 2.24) is 0 Å². The maximum Gasteiger partial charge on any atom is 0.262 e. The van der Waals surface area contributed by atoms with Crippen molar-refractivity contribution in [2.24, 2.45) is 0 Å². The van der Waals surface area contributed by atoms with Crippen molar-refractivity contribution in [2.75, 3.05) is 16.6 Å². The summed E-state index contributed by atoms with van der Waals surface area (Å²) in [6.45, 7) is 3.35. The van der Waals surface area contributed by atoms with Crippen LogP contribution in [0.5, 0.6) is 5.75 Å². The van der Waals surface area contributed by atoms with Crippen molar-refractivity contribution < 1.29 is 22.3 Å². The van der Waals surface area contributed by atoms with Gasteiger partial charge in [-0.3, -0.25) is 9.52 Å². The van der Waals surface area contributed by atoms with Gasteiger partial charge in [-0.05, 0) is 67.4 Å². The van der Waals surface area contributed by atoms with Crippen molar-refractivity contribution in [3.63, 3.8) is 0 Å². The zero-order chi connectivity index (χ0) is 21.7. The normalized spacial score (nSPS) is 11.0. The number of hydrogen-bond acceptors (Lipinski definition) is 4. The van der Waals surface area contributed by atoms with Crippen LogP contribution in [0.4, 0.5) is 15.8 Å². The molecule has 0 aliphatic rings. The zero-order valence-corrected chi connectivity index (χ0v) is 17.3. The Bertz CT molecular complexity index is 1160. The molecule has 0 saturated carbocycles. The number of anilines is 2. The molecule has 0 aliphatic heterocycles. The summed E-state index contributed by atoms with van der Waals surface area (Å²) in [5, 5.41) is 2.41. The number of ether oxygens (including phenoxy) is 1. The Morgan fingerprint density at radius 2 is 1.67 bits per heavy atom. The average Bonchev–Trinajstić information content (AvgIpc) is 2.71.